The minimum Gasteiger partial charge on any atom is -0.507 e. The highest BCUT2D eigenvalue weighted by atomic mass is 19.1. The van der Waals surface area contributed by atoms with Crippen molar-refractivity contribution in [3.63, 3.8) is 0 Å². The largest absolute Gasteiger partial charge is 0.507 e. The molecular formula is C28H26F2N6O4. The zero-order chi connectivity index (χ0) is 28.7. The number of rotatable bonds is 5. The highest BCUT2D eigenvalue weighted by Gasteiger charge is 2.31. The number of methoxy groups -OCH3 is 1. The summed E-state index contributed by atoms with van der Waals surface area (Å²) in [5, 5.41) is 10.6. The average molecular weight is 549 g/mol. The van der Waals surface area contributed by atoms with Crippen molar-refractivity contribution >= 4 is 22.8 Å². The Labute approximate surface area is 227 Å². The number of carbonyl (C=O) groups is 1. The number of hydrogen-bond donors (Lipinski definition) is 1. The molecular weight excluding hydrogens is 522 g/mol. The van der Waals surface area contributed by atoms with Crippen LogP contribution < -0.4 is 15.3 Å². The number of carbonyl (C=O) groups excluding carboxylic acids is 1. The van der Waals surface area contributed by atoms with Gasteiger partial charge in [-0.1, -0.05) is 12.6 Å². The zero-order valence-corrected chi connectivity index (χ0v) is 22.1. The van der Waals surface area contributed by atoms with Crippen LogP contribution in [0.15, 0.2) is 54.0 Å². The van der Waals surface area contributed by atoms with E-state index in [1.807, 2.05) is 6.92 Å². The third-order valence-corrected chi connectivity index (χ3v) is 6.93. The fourth-order valence-corrected chi connectivity index (χ4v) is 5.00. The van der Waals surface area contributed by atoms with E-state index in [0.717, 1.165) is 16.7 Å². The number of anilines is 1. The molecule has 4 heterocycles. The van der Waals surface area contributed by atoms with Crippen molar-refractivity contribution in [2.24, 2.45) is 0 Å². The average Bonchev–Trinajstić information content (AvgIpc) is 2.93. The number of amides is 1. The lowest BCUT2D eigenvalue weighted by atomic mass is 10.1. The molecule has 12 heteroatoms. The summed E-state index contributed by atoms with van der Waals surface area (Å²) in [5.74, 6) is -2.29. The SMILES string of the molecule is C=CC(=O)N1CCN(c2nc(=O)n(-c3c(C)ccnc3OC)c3nc(-c4c(O)cccc4F)c(F)cc23)C(C)C1. The molecule has 0 aliphatic carbocycles. The number of aromatic hydroxyl groups is 1. The Morgan fingerprint density at radius 3 is 2.65 bits per heavy atom. The molecule has 0 bridgehead atoms. The number of halogens is 2. The Morgan fingerprint density at radius 2 is 1.98 bits per heavy atom. The fourth-order valence-electron chi connectivity index (χ4n) is 5.00. The summed E-state index contributed by atoms with van der Waals surface area (Å²) in [6.45, 7) is 8.08. The molecule has 1 unspecified atom stereocenters. The van der Waals surface area contributed by atoms with Gasteiger partial charge in [-0.3, -0.25) is 4.79 Å². The molecule has 0 saturated carbocycles. The van der Waals surface area contributed by atoms with Gasteiger partial charge >= 0.3 is 5.69 Å². The lowest BCUT2D eigenvalue weighted by molar-refractivity contribution is -0.126. The molecule has 1 atom stereocenters. The predicted octanol–water partition coefficient (Wildman–Crippen LogP) is 3.37. The van der Waals surface area contributed by atoms with E-state index in [9.17, 15) is 19.1 Å². The van der Waals surface area contributed by atoms with Crippen LogP contribution in [-0.4, -0.2) is 68.2 Å². The summed E-state index contributed by atoms with van der Waals surface area (Å²) in [6.07, 6.45) is 2.74. The van der Waals surface area contributed by atoms with Crippen molar-refractivity contribution in [1.29, 1.82) is 0 Å². The molecule has 3 aromatic heterocycles. The lowest BCUT2D eigenvalue weighted by Crippen LogP contribution is -2.54. The van der Waals surface area contributed by atoms with Crippen molar-refractivity contribution in [3.8, 4) is 28.6 Å². The first-order valence-electron chi connectivity index (χ1n) is 12.4. The van der Waals surface area contributed by atoms with Gasteiger partial charge in [-0.2, -0.15) is 4.98 Å². The number of aromatic nitrogens is 4. The number of aryl methyl sites for hydroxylation is 1. The minimum absolute atomic E-state index is 0.0414. The van der Waals surface area contributed by atoms with E-state index in [1.54, 1.807) is 22.8 Å². The Bertz CT molecular complexity index is 1700. The van der Waals surface area contributed by atoms with Crippen LogP contribution in [0, 0.1) is 18.6 Å². The summed E-state index contributed by atoms with van der Waals surface area (Å²) in [5.41, 5.74) is -0.897. The molecule has 0 spiro atoms. The summed E-state index contributed by atoms with van der Waals surface area (Å²) in [4.78, 5) is 42.3. The van der Waals surface area contributed by atoms with Crippen molar-refractivity contribution in [3.05, 3.63) is 76.9 Å². The van der Waals surface area contributed by atoms with Crippen LogP contribution in [0.1, 0.15) is 12.5 Å². The molecule has 0 radical (unpaired) electrons. The van der Waals surface area contributed by atoms with E-state index in [2.05, 4.69) is 21.5 Å². The smallest absolute Gasteiger partial charge is 0.356 e. The van der Waals surface area contributed by atoms with E-state index in [0.29, 0.717) is 25.2 Å². The highest BCUT2D eigenvalue weighted by molar-refractivity contribution is 5.91. The lowest BCUT2D eigenvalue weighted by Gasteiger charge is -2.40. The van der Waals surface area contributed by atoms with Crippen LogP contribution in [0.3, 0.4) is 0 Å². The van der Waals surface area contributed by atoms with Gasteiger partial charge in [0.05, 0.1) is 18.1 Å². The van der Waals surface area contributed by atoms with Crippen LogP contribution in [0.25, 0.3) is 28.0 Å². The minimum atomic E-state index is -0.927. The summed E-state index contributed by atoms with van der Waals surface area (Å²) < 4.78 is 37.1. The van der Waals surface area contributed by atoms with Gasteiger partial charge in [0.15, 0.2) is 11.5 Å². The van der Waals surface area contributed by atoms with E-state index in [4.69, 9.17) is 4.74 Å². The molecule has 1 fully saturated rings. The van der Waals surface area contributed by atoms with Crippen LogP contribution in [0.4, 0.5) is 14.6 Å². The van der Waals surface area contributed by atoms with Crippen molar-refractivity contribution in [2.45, 2.75) is 19.9 Å². The number of fused-ring (bicyclic) bond motifs is 1. The molecule has 1 aromatic carbocycles. The molecule has 1 aliphatic rings. The normalized spacial score (nSPS) is 15.4. The second kappa shape index (κ2) is 10.4. The number of hydrogen-bond acceptors (Lipinski definition) is 8. The maximum absolute atomic E-state index is 15.7. The highest BCUT2D eigenvalue weighted by Crippen LogP contribution is 2.36. The van der Waals surface area contributed by atoms with Crippen LogP contribution >= 0.6 is 0 Å². The Kier molecular flexibility index (Phi) is 6.92. The van der Waals surface area contributed by atoms with E-state index < -0.39 is 34.3 Å². The summed E-state index contributed by atoms with van der Waals surface area (Å²) >= 11 is 0. The van der Waals surface area contributed by atoms with Crippen LogP contribution in [0.5, 0.6) is 11.6 Å². The van der Waals surface area contributed by atoms with E-state index in [1.165, 1.54) is 31.5 Å². The zero-order valence-electron chi connectivity index (χ0n) is 22.1. The summed E-state index contributed by atoms with van der Waals surface area (Å²) in [6, 6.07) is 6.06. The third-order valence-electron chi connectivity index (χ3n) is 6.93. The maximum Gasteiger partial charge on any atom is 0.356 e. The fraction of sp³-hybridized carbons (Fsp3) is 0.250. The molecule has 40 heavy (non-hydrogen) atoms. The first kappa shape index (κ1) is 26.7. The molecule has 206 valence electrons. The molecule has 1 N–H and O–H groups in total. The van der Waals surface area contributed by atoms with Crippen LogP contribution in [0.2, 0.25) is 0 Å². The molecule has 5 rings (SSSR count). The number of ether oxygens (including phenoxy) is 1. The molecule has 1 amide bonds. The number of benzene rings is 1. The number of phenolic OH excluding ortho intramolecular Hbond substituents is 1. The van der Waals surface area contributed by atoms with Gasteiger partial charge in [0.25, 0.3) is 0 Å². The van der Waals surface area contributed by atoms with Gasteiger partial charge in [-0.15, -0.1) is 0 Å². The predicted molar refractivity (Wildman–Crippen MR) is 145 cm³/mol. The monoisotopic (exact) mass is 548 g/mol. The van der Waals surface area contributed by atoms with Gasteiger partial charge < -0.3 is 19.6 Å². The second-order valence-electron chi connectivity index (χ2n) is 9.39. The Morgan fingerprint density at radius 1 is 1.20 bits per heavy atom. The van der Waals surface area contributed by atoms with Crippen molar-refractivity contribution in [2.75, 3.05) is 31.6 Å². The number of pyridine rings is 2. The molecule has 1 aliphatic heterocycles. The Balaban J connectivity index is 1.82. The third kappa shape index (κ3) is 4.40. The van der Waals surface area contributed by atoms with Gasteiger partial charge in [0, 0.05) is 31.9 Å². The van der Waals surface area contributed by atoms with Crippen LogP contribution in [-0.2, 0) is 4.79 Å². The van der Waals surface area contributed by atoms with Crippen molar-refractivity contribution < 1.29 is 23.4 Å². The first-order valence-corrected chi connectivity index (χ1v) is 12.4. The maximum atomic E-state index is 15.7. The van der Waals surface area contributed by atoms with Crippen molar-refractivity contribution in [1.82, 2.24) is 24.4 Å². The quantitative estimate of drug-likeness (QED) is 0.378. The van der Waals surface area contributed by atoms with E-state index in [-0.39, 0.29) is 40.4 Å². The molecule has 4 aromatic rings. The van der Waals surface area contributed by atoms with Gasteiger partial charge in [-0.05, 0) is 49.8 Å². The number of phenols is 1. The standard InChI is InChI=1S/C28H26F2N6O4/c1-5-21(38)34-11-12-35(16(3)14-34)25-17-13-19(30)23(22-18(29)7-6-8-20(22)37)32-26(17)36(28(39)33-25)24-15(2)9-10-31-27(24)40-4/h5-10,13,16,37H,1,11-12,14H2,2-4H3. The van der Waals surface area contributed by atoms with Gasteiger partial charge in [0.2, 0.25) is 11.8 Å². The molecule has 1 saturated heterocycles. The molecule has 10 nitrogen and oxygen atoms in total. The van der Waals surface area contributed by atoms with E-state index >= 15 is 4.39 Å². The second-order valence-corrected chi connectivity index (χ2v) is 9.39. The number of piperazine rings is 1. The van der Waals surface area contributed by atoms with Gasteiger partial charge in [-0.25, -0.2) is 28.1 Å². The topological polar surface area (TPSA) is 114 Å². The van der Waals surface area contributed by atoms with Gasteiger partial charge in [0.1, 0.15) is 28.8 Å². The number of nitrogens with zero attached hydrogens (tertiary/aromatic N) is 6. The Hall–Kier alpha value is -4.87. The summed E-state index contributed by atoms with van der Waals surface area (Å²) in [7, 11) is 1.39. The first-order chi connectivity index (χ1) is 19.2.